The van der Waals surface area contributed by atoms with Crippen LogP contribution >= 0.6 is 0 Å². The van der Waals surface area contributed by atoms with E-state index in [9.17, 15) is 0 Å². The van der Waals surface area contributed by atoms with Gasteiger partial charge in [0.1, 0.15) is 0 Å². The maximum absolute atomic E-state index is 4.34. The molecule has 1 aromatic rings. The van der Waals surface area contributed by atoms with Crippen LogP contribution in [0.25, 0.3) is 0 Å². The summed E-state index contributed by atoms with van der Waals surface area (Å²) >= 11 is 0. The normalized spacial score (nSPS) is 10.8. The molecule has 1 aromatic heterocycles. The van der Waals surface area contributed by atoms with Crippen molar-refractivity contribution in [3.8, 4) is 0 Å². The van der Waals surface area contributed by atoms with Crippen molar-refractivity contribution in [2.45, 2.75) is 84.5 Å². The summed E-state index contributed by atoms with van der Waals surface area (Å²) in [5.41, 5.74) is 2.64. The first-order valence-electron chi connectivity index (χ1n) is 8.25. The first-order chi connectivity index (χ1) is 9.34. The summed E-state index contributed by atoms with van der Waals surface area (Å²) in [4.78, 5) is 4.34. The molecule has 0 unspecified atom stereocenters. The van der Waals surface area contributed by atoms with Crippen LogP contribution < -0.4 is 0 Å². The van der Waals surface area contributed by atoms with Crippen molar-refractivity contribution in [2.24, 2.45) is 0 Å². The van der Waals surface area contributed by atoms with Crippen molar-refractivity contribution < 1.29 is 0 Å². The van der Waals surface area contributed by atoms with E-state index in [1.807, 2.05) is 6.20 Å². The molecule has 0 fully saturated rings. The molecule has 108 valence electrons. The van der Waals surface area contributed by atoms with Crippen molar-refractivity contribution in [3.63, 3.8) is 0 Å². The van der Waals surface area contributed by atoms with E-state index in [1.54, 1.807) is 0 Å². The highest BCUT2D eigenvalue weighted by Gasteiger charge is 1.98. The number of aryl methyl sites for hydroxylation is 2. The van der Waals surface area contributed by atoms with Crippen molar-refractivity contribution in [3.05, 3.63) is 29.6 Å². The molecule has 0 N–H and O–H groups in total. The predicted molar refractivity (Wildman–Crippen MR) is 84.5 cm³/mol. The van der Waals surface area contributed by atoms with Gasteiger partial charge in [-0.25, -0.2) is 0 Å². The molecule has 0 aliphatic heterocycles. The van der Waals surface area contributed by atoms with Gasteiger partial charge in [0.05, 0.1) is 0 Å². The van der Waals surface area contributed by atoms with Gasteiger partial charge in [-0.05, 0) is 31.4 Å². The largest absolute Gasteiger partial charge is 0.261 e. The van der Waals surface area contributed by atoms with Crippen LogP contribution in [0.1, 0.15) is 82.4 Å². The minimum Gasteiger partial charge on any atom is -0.261 e. The summed E-state index contributed by atoms with van der Waals surface area (Å²) in [7, 11) is 0. The number of aromatic nitrogens is 1. The van der Waals surface area contributed by atoms with Gasteiger partial charge in [-0.1, -0.05) is 70.8 Å². The van der Waals surface area contributed by atoms with E-state index in [2.05, 4.69) is 31.0 Å². The Bertz CT molecular complexity index is 319. The Balaban J connectivity index is 1.90. The SMILES string of the molecule is CCCCCCCCCCCCc1cccnc1C. The van der Waals surface area contributed by atoms with Gasteiger partial charge in [0.2, 0.25) is 0 Å². The molecule has 0 atom stereocenters. The van der Waals surface area contributed by atoms with Crippen LogP contribution in [0.3, 0.4) is 0 Å². The van der Waals surface area contributed by atoms with Crippen molar-refractivity contribution >= 4 is 0 Å². The molecule has 19 heavy (non-hydrogen) atoms. The molecule has 0 spiro atoms. The minimum absolute atomic E-state index is 1.20. The highest BCUT2D eigenvalue weighted by molar-refractivity contribution is 5.18. The number of rotatable bonds is 11. The zero-order valence-electron chi connectivity index (χ0n) is 13.0. The molecule has 0 saturated carbocycles. The second-order valence-corrected chi connectivity index (χ2v) is 5.68. The molecule has 1 heterocycles. The zero-order chi connectivity index (χ0) is 13.8. The van der Waals surface area contributed by atoms with Gasteiger partial charge < -0.3 is 0 Å². The minimum atomic E-state index is 1.20. The lowest BCUT2D eigenvalue weighted by Crippen LogP contribution is -1.92. The van der Waals surface area contributed by atoms with Crippen LogP contribution in [0.15, 0.2) is 18.3 Å². The zero-order valence-corrected chi connectivity index (χ0v) is 13.0. The number of pyridine rings is 1. The van der Waals surface area contributed by atoms with Gasteiger partial charge in [-0.2, -0.15) is 0 Å². The second-order valence-electron chi connectivity index (χ2n) is 5.68. The fourth-order valence-corrected chi connectivity index (χ4v) is 2.58. The smallest absolute Gasteiger partial charge is 0.0404 e. The topological polar surface area (TPSA) is 12.9 Å². The van der Waals surface area contributed by atoms with Gasteiger partial charge in [0.25, 0.3) is 0 Å². The Morgan fingerprint density at radius 3 is 2.00 bits per heavy atom. The first kappa shape index (κ1) is 16.2. The third kappa shape index (κ3) is 8.02. The van der Waals surface area contributed by atoms with Crippen LogP contribution in [0.2, 0.25) is 0 Å². The third-order valence-corrected chi connectivity index (χ3v) is 3.92. The molecule has 1 nitrogen and oxygen atoms in total. The van der Waals surface area contributed by atoms with Crippen LogP contribution in [0.4, 0.5) is 0 Å². The Morgan fingerprint density at radius 2 is 1.42 bits per heavy atom. The summed E-state index contributed by atoms with van der Waals surface area (Å²) in [6.45, 7) is 4.40. The van der Waals surface area contributed by atoms with E-state index >= 15 is 0 Å². The molecule has 1 heteroatoms. The fraction of sp³-hybridized carbons (Fsp3) is 0.722. The van der Waals surface area contributed by atoms with E-state index in [-0.39, 0.29) is 0 Å². The average molecular weight is 261 g/mol. The second kappa shape index (κ2) is 11.0. The van der Waals surface area contributed by atoms with Crippen LogP contribution in [0.5, 0.6) is 0 Å². The Hall–Kier alpha value is -0.850. The summed E-state index contributed by atoms with van der Waals surface area (Å²) in [5.74, 6) is 0. The number of hydrogen-bond donors (Lipinski definition) is 0. The van der Waals surface area contributed by atoms with Crippen LogP contribution in [-0.2, 0) is 6.42 Å². The Kier molecular flexibility index (Phi) is 9.40. The Labute approximate surface area is 119 Å². The van der Waals surface area contributed by atoms with Crippen molar-refractivity contribution in [1.82, 2.24) is 4.98 Å². The monoisotopic (exact) mass is 261 g/mol. The van der Waals surface area contributed by atoms with Crippen molar-refractivity contribution in [2.75, 3.05) is 0 Å². The van der Waals surface area contributed by atoms with Crippen LogP contribution in [0, 0.1) is 6.92 Å². The number of unbranched alkanes of at least 4 members (excludes halogenated alkanes) is 9. The highest BCUT2D eigenvalue weighted by atomic mass is 14.7. The maximum Gasteiger partial charge on any atom is 0.0404 e. The third-order valence-electron chi connectivity index (χ3n) is 3.92. The first-order valence-corrected chi connectivity index (χ1v) is 8.25. The number of hydrogen-bond acceptors (Lipinski definition) is 1. The molecular formula is C18H31N. The van der Waals surface area contributed by atoms with E-state index in [4.69, 9.17) is 0 Å². The van der Waals surface area contributed by atoms with Gasteiger partial charge in [-0.15, -0.1) is 0 Å². The van der Waals surface area contributed by atoms with Gasteiger partial charge in [-0.3, -0.25) is 4.98 Å². The molecule has 0 bridgehead atoms. The highest BCUT2D eigenvalue weighted by Crippen LogP contribution is 2.13. The predicted octanol–water partition coefficient (Wildman–Crippen LogP) is 5.85. The van der Waals surface area contributed by atoms with Crippen LogP contribution in [-0.4, -0.2) is 4.98 Å². The summed E-state index contributed by atoms with van der Waals surface area (Å²) in [6, 6.07) is 4.27. The van der Waals surface area contributed by atoms with E-state index in [0.717, 1.165) is 0 Å². The van der Waals surface area contributed by atoms with Gasteiger partial charge >= 0.3 is 0 Å². The molecule has 0 saturated heterocycles. The molecule has 0 radical (unpaired) electrons. The van der Waals surface area contributed by atoms with Crippen molar-refractivity contribution in [1.29, 1.82) is 0 Å². The van der Waals surface area contributed by atoms with E-state index in [0.29, 0.717) is 0 Å². The van der Waals surface area contributed by atoms with Gasteiger partial charge in [0, 0.05) is 11.9 Å². The lowest BCUT2D eigenvalue weighted by molar-refractivity contribution is 0.556. The molecule has 1 rings (SSSR count). The molecule has 0 amide bonds. The fourth-order valence-electron chi connectivity index (χ4n) is 2.58. The summed E-state index contributed by atoms with van der Waals surface area (Å²) in [6.07, 6.45) is 17.2. The van der Waals surface area contributed by atoms with Gasteiger partial charge in [0.15, 0.2) is 0 Å². The lowest BCUT2D eigenvalue weighted by atomic mass is 10.0. The maximum atomic E-state index is 4.34. The number of nitrogens with zero attached hydrogens (tertiary/aromatic N) is 1. The molecule has 0 aliphatic rings. The van der Waals surface area contributed by atoms with E-state index in [1.165, 1.54) is 81.9 Å². The standard InChI is InChI=1S/C18H31N/c1-3-4-5-6-7-8-9-10-11-12-14-18-15-13-16-19-17(18)2/h13,15-16H,3-12,14H2,1-2H3. The van der Waals surface area contributed by atoms with E-state index < -0.39 is 0 Å². The summed E-state index contributed by atoms with van der Waals surface area (Å²) in [5, 5.41) is 0. The molecule has 0 aliphatic carbocycles. The average Bonchev–Trinajstić information content (AvgIpc) is 2.43. The summed E-state index contributed by atoms with van der Waals surface area (Å²) < 4.78 is 0. The quantitative estimate of drug-likeness (QED) is 0.455. The lowest BCUT2D eigenvalue weighted by Gasteiger charge is -2.05. The Morgan fingerprint density at radius 1 is 0.842 bits per heavy atom. The molecule has 0 aromatic carbocycles. The molecular weight excluding hydrogens is 230 g/mol.